The summed E-state index contributed by atoms with van der Waals surface area (Å²) in [5.41, 5.74) is 1.27. The highest BCUT2D eigenvalue weighted by Crippen LogP contribution is 2.30. The molecule has 0 saturated heterocycles. The summed E-state index contributed by atoms with van der Waals surface area (Å²) >= 11 is 0. The summed E-state index contributed by atoms with van der Waals surface area (Å²) in [5.74, 6) is -0.477. The lowest BCUT2D eigenvalue weighted by molar-refractivity contribution is 0.0730. The van der Waals surface area contributed by atoms with Gasteiger partial charge in [-0.15, -0.1) is 6.58 Å². The van der Waals surface area contributed by atoms with Crippen molar-refractivity contribution in [1.82, 2.24) is 9.62 Å². The monoisotopic (exact) mass is 388 g/mol. The predicted octanol–water partition coefficient (Wildman–Crippen LogP) is 3.09. The SMILES string of the molecule is C=CCNS(=O)(=O)c1ccc(C(=O)N(Cc2ccc(F)cc2)C2CC2)cc1. The van der Waals surface area contributed by atoms with Crippen molar-refractivity contribution in [2.45, 2.75) is 30.3 Å². The number of hydrogen-bond donors (Lipinski definition) is 1. The standard InChI is InChI=1S/C20H21FN2O3S/c1-2-13-22-27(25,26)19-11-5-16(6-12-19)20(24)23(18-9-10-18)14-15-3-7-17(21)8-4-15/h2-8,11-12,18,22H,1,9-10,13-14H2. The van der Waals surface area contributed by atoms with Crippen LogP contribution in [0.15, 0.2) is 66.1 Å². The van der Waals surface area contributed by atoms with E-state index >= 15 is 0 Å². The quantitative estimate of drug-likeness (QED) is 0.707. The molecule has 0 aliphatic heterocycles. The zero-order valence-electron chi connectivity index (χ0n) is 14.8. The molecule has 0 heterocycles. The van der Waals surface area contributed by atoms with Crippen LogP contribution in [0.4, 0.5) is 4.39 Å². The molecule has 3 rings (SSSR count). The first kappa shape index (κ1) is 19.3. The van der Waals surface area contributed by atoms with Crippen molar-refractivity contribution in [3.8, 4) is 0 Å². The van der Waals surface area contributed by atoms with E-state index in [-0.39, 0.29) is 29.2 Å². The number of carbonyl (C=O) groups is 1. The topological polar surface area (TPSA) is 66.5 Å². The van der Waals surface area contributed by atoms with Crippen LogP contribution in [0.1, 0.15) is 28.8 Å². The number of carbonyl (C=O) groups excluding carboxylic acids is 1. The Hall–Kier alpha value is -2.51. The molecule has 1 saturated carbocycles. The van der Waals surface area contributed by atoms with Gasteiger partial charge in [-0.2, -0.15) is 0 Å². The van der Waals surface area contributed by atoms with E-state index in [0.29, 0.717) is 12.1 Å². The second kappa shape index (κ2) is 8.02. The number of hydrogen-bond acceptors (Lipinski definition) is 3. The maximum absolute atomic E-state index is 13.1. The van der Waals surface area contributed by atoms with Crippen LogP contribution >= 0.6 is 0 Å². The Balaban J connectivity index is 1.76. The van der Waals surface area contributed by atoms with Crippen molar-refractivity contribution < 1.29 is 17.6 Å². The number of nitrogens with one attached hydrogen (secondary N) is 1. The van der Waals surface area contributed by atoms with Gasteiger partial charge in [-0.25, -0.2) is 17.5 Å². The Bertz CT molecular complexity index is 921. The number of rotatable bonds is 8. The van der Waals surface area contributed by atoms with Gasteiger partial charge in [-0.1, -0.05) is 18.2 Å². The second-order valence-corrected chi connectivity index (χ2v) is 8.22. The smallest absolute Gasteiger partial charge is 0.254 e. The molecular formula is C20H21FN2O3S. The normalized spacial score (nSPS) is 14.0. The summed E-state index contributed by atoms with van der Waals surface area (Å²) < 4.78 is 39.7. The zero-order chi connectivity index (χ0) is 19.4. The number of sulfonamides is 1. The number of amides is 1. The van der Waals surface area contributed by atoms with Gasteiger partial charge in [-0.05, 0) is 54.8 Å². The molecule has 0 radical (unpaired) electrons. The van der Waals surface area contributed by atoms with E-state index < -0.39 is 10.0 Å². The average molecular weight is 388 g/mol. The van der Waals surface area contributed by atoms with Crippen LogP contribution in [-0.4, -0.2) is 31.8 Å². The molecule has 1 amide bonds. The van der Waals surface area contributed by atoms with Crippen LogP contribution in [0.2, 0.25) is 0 Å². The molecule has 27 heavy (non-hydrogen) atoms. The van der Waals surface area contributed by atoms with Crippen molar-refractivity contribution in [1.29, 1.82) is 0 Å². The van der Waals surface area contributed by atoms with Gasteiger partial charge in [-0.3, -0.25) is 4.79 Å². The molecule has 2 aromatic carbocycles. The van der Waals surface area contributed by atoms with Gasteiger partial charge in [0.05, 0.1) is 4.90 Å². The summed E-state index contributed by atoms with van der Waals surface area (Å²) in [6.07, 6.45) is 3.33. The van der Waals surface area contributed by atoms with Crippen LogP contribution in [0, 0.1) is 5.82 Å². The molecular weight excluding hydrogens is 367 g/mol. The van der Waals surface area contributed by atoms with Crippen LogP contribution in [-0.2, 0) is 16.6 Å². The minimum Gasteiger partial charge on any atom is -0.331 e. The molecule has 2 aromatic rings. The lowest BCUT2D eigenvalue weighted by Gasteiger charge is -2.23. The Kier molecular flexibility index (Phi) is 5.72. The van der Waals surface area contributed by atoms with E-state index in [4.69, 9.17) is 0 Å². The molecule has 1 aliphatic rings. The minimum absolute atomic E-state index is 0.0948. The molecule has 0 bridgehead atoms. The average Bonchev–Trinajstić information content (AvgIpc) is 3.50. The van der Waals surface area contributed by atoms with E-state index in [2.05, 4.69) is 11.3 Å². The summed E-state index contributed by atoms with van der Waals surface area (Å²) in [6.45, 7) is 4.01. The third-order valence-electron chi connectivity index (χ3n) is 4.34. The molecule has 1 N–H and O–H groups in total. The third-order valence-corrected chi connectivity index (χ3v) is 5.78. The van der Waals surface area contributed by atoms with Crippen molar-refractivity contribution in [2.24, 2.45) is 0 Å². The lowest BCUT2D eigenvalue weighted by Crippen LogP contribution is -2.32. The first-order valence-corrected chi connectivity index (χ1v) is 10.1. The molecule has 0 unspecified atom stereocenters. The van der Waals surface area contributed by atoms with Gasteiger partial charge < -0.3 is 4.90 Å². The van der Waals surface area contributed by atoms with Crippen LogP contribution < -0.4 is 4.72 Å². The van der Waals surface area contributed by atoms with Crippen LogP contribution in [0.25, 0.3) is 0 Å². The number of nitrogens with zero attached hydrogens (tertiary/aromatic N) is 1. The fraction of sp³-hybridized carbons (Fsp3) is 0.250. The summed E-state index contributed by atoms with van der Waals surface area (Å²) in [7, 11) is -3.62. The molecule has 0 atom stereocenters. The highest BCUT2D eigenvalue weighted by Gasteiger charge is 2.33. The second-order valence-electron chi connectivity index (χ2n) is 6.46. The molecule has 0 spiro atoms. The van der Waals surface area contributed by atoms with Crippen molar-refractivity contribution >= 4 is 15.9 Å². The molecule has 5 nitrogen and oxygen atoms in total. The van der Waals surface area contributed by atoms with E-state index in [1.165, 1.54) is 42.5 Å². The predicted molar refractivity (Wildman–Crippen MR) is 101 cm³/mol. The first-order chi connectivity index (χ1) is 12.9. The van der Waals surface area contributed by atoms with E-state index in [9.17, 15) is 17.6 Å². The highest BCUT2D eigenvalue weighted by molar-refractivity contribution is 7.89. The number of halogens is 1. The zero-order valence-corrected chi connectivity index (χ0v) is 15.6. The van der Waals surface area contributed by atoms with E-state index in [0.717, 1.165) is 18.4 Å². The largest absolute Gasteiger partial charge is 0.331 e. The van der Waals surface area contributed by atoms with Gasteiger partial charge >= 0.3 is 0 Å². The van der Waals surface area contributed by atoms with Gasteiger partial charge in [0.25, 0.3) is 5.91 Å². The molecule has 142 valence electrons. The summed E-state index contributed by atoms with van der Waals surface area (Å²) in [4.78, 5) is 14.8. The van der Waals surface area contributed by atoms with E-state index in [1.54, 1.807) is 17.0 Å². The first-order valence-electron chi connectivity index (χ1n) is 8.67. The van der Waals surface area contributed by atoms with E-state index in [1.807, 2.05) is 0 Å². The van der Waals surface area contributed by atoms with Gasteiger partial charge in [0.2, 0.25) is 10.0 Å². The maximum Gasteiger partial charge on any atom is 0.254 e. The minimum atomic E-state index is -3.62. The molecule has 0 aromatic heterocycles. The molecule has 1 aliphatic carbocycles. The van der Waals surface area contributed by atoms with Gasteiger partial charge in [0, 0.05) is 24.7 Å². The maximum atomic E-state index is 13.1. The van der Waals surface area contributed by atoms with Crippen molar-refractivity contribution in [2.75, 3.05) is 6.54 Å². The highest BCUT2D eigenvalue weighted by atomic mass is 32.2. The van der Waals surface area contributed by atoms with Crippen LogP contribution in [0.5, 0.6) is 0 Å². The summed E-state index contributed by atoms with van der Waals surface area (Å²) in [6, 6.07) is 12.1. The Morgan fingerprint density at radius 3 is 2.33 bits per heavy atom. The Labute approximate surface area is 158 Å². The molecule has 7 heteroatoms. The fourth-order valence-corrected chi connectivity index (χ4v) is 3.73. The van der Waals surface area contributed by atoms with Crippen LogP contribution in [0.3, 0.4) is 0 Å². The Morgan fingerprint density at radius 2 is 1.78 bits per heavy atom. The third kappa shape index (κ3) is 4.81. The van der Waals surface area contributed by atoms with Gasteiger partial charge in [0.15, 0.2) is 0 Å². The molecule has 1 fully saturated rings. The number of benzene rings is 2. The van der Waals surface area contributed by atoms with Crippen molar-refractivity contribution in [3.63, 3.8) is 0 Å². The Morgan fingerprint density at radius 1 is 1.15 bits per heavy atom. The van der Waals surface area contributed by atoms with Crippen molar-refractivity contribution in [3.05, 3.63) is 78.1 Å². The lowest BCUT2D eigenvalue weighted by atomic mass is 10.1. The summed E-state index contributed by atoms with van der Waals surface area (Å²) in [5, 5.41) is 0. The van der Waals surface area contributed by atoms with Gasteiger partial charge in [0.1, 0.15) is 5.82 Å². The fourth-order valence-electron chi connectivity index (χ4n) is 2.73.